The zero-order valence-corrected chi connectivity index (χ0v) is 14.0. The highest BCUT2D eigenvalue weighted by atomic mass is 16.5. The number of hydrogen-bond donors (Lipinski definition) is 1. The molecule has 0 spiro atoms. The molecule has 2 N–H and O–H groups in total. The molecule has 0 amide bonds. The van der Waals surface area contributed by atoms with Gasteiger partial charge in [-0.25, -0.2) is 4.98 Å². The van der Waals surface area contributed by atoms with Gasteiger partial charge in [0.15, 0.2) is 5.82 Å². The van der Waals surface area contributed by atoms with Crippen LogP contribution in [-0.2, 0) is 6.42 Å². The van der Waals surface area contributed by atoms with Crippen LogP contribution in [-0.4, -0.2) is 34.8 Å². The molecular weight excluding hydrogens is 314 g/mol. The average Bonchev–Trinajstić information content (AvgIpc) is 3.32. The molecule has 1 fully saturated rings. The van der Waals surface area contributed by atoms with Crippen molar-refractivity contribution >= 4 is 5.82 Å². The van der Waals surface area contributed by atoms with Gasteiger partial charge in [0.25, 0.3) is 5.89 Å². The monoisotopic (exact) mass is 335 g/mol. The van der Waals surface area contributed by atoms with Gasteiger partial charge in [-0.2, -0.15) is 4.98 Å². The summed E-state index contributed by atoms with van der Waals surface area (Å²) in [5, 5.41) is 4.07. The van der Waals surface area contributed by atoms with E-state index in [0.717, 1.165) is 43.0 Å². The molecule has 1 aliphatic heterocycles. The third kappa shape index (κ3) is 3.53. The lowest BCUT2D eigenvalue weighted by atomic mass is 10.1. The molecule has 1 aliphatic rings. The Hall–Kier alpha value is -2.73. The second-order valence-corrected chi connectivity index (χ2v) is 6.42. The van der Waals surface area contributed by atoms with Crippen LogP contribution in [0.1, 0.15) is 17.8 Å². The molecule has 1 saturated heterocycles. The fraction of sp³-hybridized carbons (Fsp3) is 0.316. The quantitative estimate of drug-likeness (QED) is 0.771. The van der Waals surface area contributed by atoms with E-state index in [0.29, 0.717) is 24.1 Å². The number of hydrogen-bond acceptors (Lipinski definition) is 6. The van der Waals surface area contributed by atoms with E-state index in [-0.39, 0.29) is 0 Å². The van der Waals surface area contributed by atoms with Crippen LogP contribution in [0.25, 0.3) is 11.5 Å². The Morgan fingerprint density at radius 2 is 2.04 bits per heavy atom. The molecule has 0 unspecified atom stereocenters. The van der Waals surface area contributed by atoms with Gasteiger partial charge in [-0.1, -0.05) is 35.5 Å². The van der Waals surface area contributed by atoms with E-state index in [1.165, 1.54) is 0 Å². The van der Waals surface area contributed by atoms with Crippen molar-refractivity contribution in [1.82, 2.24) is 15.1 Å². The van der Waals surface area contributed by atoms with Gasteiger partial charge in [-0.05, 0) is 36.6 Å². The SMILES string of the molecule is NC[C@@H]1CCN(c2ccc(-c3nc(Cc4ccccc4)no3)cn2)C1. The van der Waals surface area contributed by atoms with Crippen molar-refractivity contribution in [3.8, 4) is 11.5 Å². The van der Waals surface area contributed by atoms with Gasteiger partial charge >= 0.3 is 0 Å². The Kier molecular flexibility index (Phi) is 4.43. The number of nitrogens with two attached hydrogens (primary N) is 1. The fourth-order valence-electron chi connectivity index (χ4n) is 3.15. The predicted octanol–water partition coefficient (Wildman–Crippen LogP) is 2.51. The number of aromatic nitrogens is 3. The molecule has 0 aliphatic carbocycles. The zero-order chi connectivity index (χ0) is 17.1. The maximum absolute atomic E-state index is 5.76. The van der Waals surface area contributed by atoms with E-state index in [9.17, 15) is 0 Å². The standard InChI is InChI=1S/C19H21N5O/c20-11-15-8-9-24(13-15)18-7-6-16(12-21-18)19-22-17(23-25-19)10-14-4-2-1-3-5-14/h1-7,12,15H,8-11,13,20H2/t15-/m0/s1. The number of anilines is 1. The molecule has 6 nitrogen and oxygen atoms in total. The minimum absolute atomic E-state index is 0.506. The normalized spacial score (nSPS) is 17.2. The molecule has 0 bridgehead atoms. The van der Waals surface area contributed by atoms with E-state index in [2.05, 4.69) is 32.2 Å². The molecule has 3 heterocycles. The first kappa shape index (κ1) is 15.8. The minimum atomic E-state index is 0.506. The van der Waals surface area contributed by atoms with Gasteiger partial charge in [0, 0.05) is 25.7 Å². The topological polar surface area (TPSA) is 81.1 Å². The first-order chi connectivity index (χ1) is 12.3. The Bertz CT molecular complexity index is 815. The van der Waals surface area contributed by atoms with Crippen molar-refractivity contribution in [3.05, 3.63) is 60.0 Å². The van der Waals surface area contributed by atoms with Crippen molar-refractivity contribution in [2.45, 2.75) is 12.8 Å². The average molecular weight is 335 g/mol. The Morgan fingerprint density at radius 1 is 1.16 bits per heavy atom. The first-order valence-electron chi connectivity index (χ1n) is 8.60. The van der Waals surface area contributed by atoms with Gasteiger partial charge in [-0.3, -0.25) is 0 Å². The summed E-state index contributed by atoms with van der Waals surface area (Å²) in [4.78, 5) is 11.3. The molecule has 2 aromatic heterocycles. The van der Waals surface area contributed by atoms with E-state index in [1.807, 2.05) is 30.3 Å². The first-order valence-corrected chi connectivity index (χ1v) is 8.60. The zero-order valence-electron chi connectivity index (χ0n) is 14.0. The molecule has 6 heteroatoms. The Balaban J connectivity index is 1.46. The van der Waals surface area contributed by atoms with Gasteiger partial charge in [-0.15, -0.1) is 0 Å². The maximum Gasteiger partial charge on any atom is 0.259 e. The Labute approximate surface area is 146 Å². The second-order valence-electron chi connectivity index (χ2n) is 6.42. The predicted molar refractivity (Wildman–Crippen MR) is 96.2 cm³/mol. The number of rotatable bonds is 5. The summed E-state index contributed by atoms with van der Waals surface area (Å²) >= 11 is 0. The van der Waals surface area contributed by atoms with Crippen molar-refractivity contribution < 1.29 is 4.52 Å². The summed E-state index contributed by atoms with van der Waals surface area (Å²) in [6.45, 7) is 2.72. The van der Waals surface area contributed by atoms with E-state index >= 15 is 0 Å². The van der Waals surface area contributed by atoms with Crippen LogP contribution in [0, 0.1) is 5.92 Å². The summed E-state index contributed by atoms with van der Waals surface area (Å²) in [7, 11) is 0. The van der Waals surface area contributed by atoms with Gasteiger partial charge in [0.1, 0.15) is 5.82 Å². The van der Waals surface area contributed by atoms with Gasteiger partial charge in [0.05, 0.1) is 5.56 Å². The Morgan fingerprint density at radius 3 is 2.76 bits per heavy atom. The van der Waals surface area contributed by atoms with Crippen LogP contribution in [0.2, 0.25) is 0 Å². The van der Waals surface area contributed by atoms with Crippen LogP contribution in [0.5, 0.6) is 0 Å². The van der Waals surface area contributed by atoms with E-state index in [1.54, 1.807) is 6.20 Å². The molecule has 4 rings (SSSR count). The van der Waals surface area contributed by atoms with Crippen LogP contribution in [0.3, 0.4) is 0 Å². The molecule has 0 radical (unpaired) electrons. The molecular formula is C19H21N5O. The molecule has 3 aromatic rings. The summed E-state index contributed by atoms with van der Waals surface area (Å²) in [6, 6.07) is 14.1. The van der Waals surface area contributed by atoms with E-state index < -0.39 is 0 Å². The number of nitrogens with zero attached hydrogens (tertiary/aromatic N) is 4. The van der Waals surface area contributed by atoms with Crippen LogP contribution in [0.15, 0.2) is 53.2 Å². The summed E-state index contributed by atoms with van der Waals surface area (Å²) < 4.78 is 5.39. The molecule has 0 saturated carbocycles. The second kappa shape index (κ2) is 7.03. The van der Waals surface area contributed by atoms with Crippen molar-refractivity contribution in [1.29, 1.82) is 0 Å². The van der Waals surface area contributed by atoms with Crippen LogP contribution < -0.4 is 10.6 Å². The highest BCUT2D eigenvalue weighted by molar-refractivity contribution is 5.55. The lowest BCUT2D eigenvalue weighted by Crippen LogP contribution is -2.23. The number of benzene rings is 1. The third-order valence-electron chi connectivity index (χ3n) is 4.61. The van der Waals surface area contributed by atoms with Crippen molar-refractivity contribution in [2.75, 3.05) is 24.5 Å². The molecule has 1 atom stereocenters. The summed E-state index contributed by atoms with van der Waals surface area (Å²) in [5.74, 6) is 2.73. The molecule has 1 aromatic carbocycles. The molecule has 25 heavy (non-hydrogen) atoms. The highest BCUT2D eigenvalue weighted by Crippen LogP contribution is 2.24. The minimum Gasteiger partial charge on any atom is -0.356 e. The van der Waals surface area contributed by atoms with E-state index in [4.69, 9.17) is 10.3 Å². The van der Waals surface area contributed by atoms with Gasteiger partial charge < -0.3 is 15.2 Å². The van der Waals surface area contributed by atoms with Crippen LogP contribution >= 0.6 is 0 Å². The lowest BCUT2D eigenvalue weighted by molar-refractivity contribution is 0.424. The van der Waals surface area contributed by atoms with Gasteiger partial charge in [0.2, 0.25) is 0 Å². The molecule has 128 valence electrons. The third-order valence-corrected chi connectivity index (χ3v) is 4.61. The van der Waals surface area contributed by atoms with Crippen LogP contribution in [0.4, 0.5) is 5.82 Å². The maximum atomic E-state index is 5.76. The summed E-state index contributed by atoms with van der Waals surface area (Å²) in [5.41, 5.74) is 7.75. The number of pyridine rings is 1. The summed E-state index contributed by atoms with van der Waals surface area (Å²) in [6.07, 6.45) is 3.58. The largest absolute Gasteiger partial charge is 0.356 e. The fourth-order valence-corrected chi connectivity index (χ4v) is 3.15. The van der Waals surface area contributed by atoms with Crippen molar-refractivity contribution in [2.24, 2.45) is 11.7 Å². The lowest BCUT2D eigenvalue weighted by Gasteiger charge is -2.17. The van der Waals surface area contributed by atoms with Crippen molar-refractivity contribution in [3.63, 3.8) is 0 Å². The highest BCUT2D eigenvalue weighted by Gasteiger charge is 2.22. The smallest absolute Gasteiger partial charge is 0.259 e.